The van der Waals surface area contributed by atoms with Gasteiger partial charge in [-0.05, 0) is 34.5 Å². The molecule has 11 heavy (non-hydrogen) atoms. The first-order valence-corrected chi connectivity index (χ1v) is 3.70. The minimum Gasteiger partial charge on any atom is -0.505 e. The Morgan fingerprint density at radius 2 is 1.91 bits per heavy atom. The highest BCUT2D eigenvalue weighted by Crippen LogP contribution is 2.34. The Balaban J connectivity index is 3.46. The Bertz CT molecular complexity index is 273. The Hall–Kier alpha value is -0.770. The molecule has 60 valence electrons. The van der Waals surface area contributed by atoms with Crippen LogP contribution in [0.3, 0.4) is 0 Å². The van der Waals surface area contributed by atoms with Gasteiger partial charge in [0.2, 0.25) is 5.82 Å². The number of halogens is 2. The molecule has 0 unspecified atom stereocenters. The van der Waals surface area contributed by atoms with Crippen LogP contribution in [0.25, 0.3) is 0 Å². The quantitative estimate of drug-likeness (QED) is 0.705. The summed E-state index contributed by atoms with van der Waals surface area (Å²) in [6.45, 7) is 1.54. The zero-order chi connectivity index (χ0) is 8.59. The molecule has 0 aliphatic carbocycles. The monoisotopic (exact) mass is 220 g/mol. The predicted molar refractivity (Wildman–Crippen MR) is 42.2 cm³/mol. The SMILES string of the molecule is Cc1cc(Br)c(O)c(F)c1O. The average molecular weight is 221 g/mol. The van der Waals surface area contributed by atoms with Gasteiger partial charge in [-0.3, -0.25) is 0 Å². The van der Waals surface area contributed by atoms with Crippen LogP contribution in [0.15, 0.2) is 10.5 Å². The first-order valence-electron chi connectivity index (χ1n) is 2.90. The highest BCUT2D eigenvalue weighted by molar-refractivity contribution is 9.10. The number of phenols is 2. The van der Waals surface area contributed by atoms with Crippen LogP contribution >= 0.6 is 15.9 Å². The molecule has 4 heteroatoms. The lowest BCUT2D eigenvalue weighted by Gasteiger charge is -2.03. The van der Waals surface area contributed by atoms with Crippen molar-refractivity contribution in [3.05, 3.63) is 21.9 Å². The minimum atomic E-state index is -0.989. The van der Waals surface area contributed by atoms with Gasteiger partial charge >= 0.3 is 0 Å². The van der Waals surface area contributed by atoms with Gasteiger partial charge < -0.3 is 10.2 Å². The van der Waals surface area contributed by atoms with Crippen molar-refractivity contribution >= 4 is 15.9 Å². The molecule has 0 bridgehead atoms. The highest BCUT2D eigenvalue weighted by atomic mass is 79.9. The van der Waals surface area contributed by atoms with Crippen molar-refractivity contribution in [1.82, 2.24) is 0 Å². The molecule has 0 aliphatic rings. The summed E-state index contributed by atoms with van der Waals surface area (Å²) in [5.74, 6) is -2.06. The predicted octanol–water partition coefficient (Wildman–Crippen LogP) is 2.31. The fourth-order valence-electron chi connectivity index (χ4n) is 0.717. The van der Waals surface area contributed by atoms with Crippen molar-refractivity contribution in [2.75, 3.05) is 0 Å². The summed E-state index contributed by atoms with van der Waals surface area (Å²) >= 11 is 2.93. The fourth-order valence-corrected chi connectivity index (χ4v) is 1.23. The van der Waals surface area contributed by atoms with Gasteiger partial charge in [0.25, 0.3) is 0 Å². The highest BCUT2D eigenvalue weighted by Gasteiger charge is 2.12. The lowest BCUT2D eigenvalue weighted by atomic mass is 10.2. The van der Waals surface area contributed by atoms with Gasteiger partial charge in [0.15, 0.2) is 11.5 Å². The molecule has 1 rings (SSSR count). The fraction of sp³-hybridized carbons (Fsp3) is 0.143. The Kier molecular flexibility index (Phi) is 2.04. The normalized spacial score (nSPS) is 10.1. The number of hydrogen-bond acceptors (Lipinski definition) is 2. The molecule has 0 saturated carbocycles. The summed E-state index contributed by atoms with van der Waals surface area (Å²) in [4.78, 5) is 0. The van der Waals surface area contributed by atoms with E-state index in [2.05, 4.69) is 15.9 Å². The van der Waals surface area contributed by atoms with Gasteiger partial charge in [0.05, 0.1) is 4.47 Å². The maximum absolute atomic E-state index is 12.7. The number of aromatic hydroxyl groups is 2. The topological polar surface area (TPSA) is 40.5 Å². The van der Waals surface area contributed by atoms with Crippen LogP contribution in [0.2, 0.25) is 0 Å². The van der Waals surface area contributed by atoms with Gasteiger partial charge in [-0.2, -0.15) is 4.39 Å². The first kappa shape index (κ1) is 8.33. The molecule has 1 aromatic rings. The van der Waals surface area contributed by atoms with Gasteiger partial charge in [-0.1, -0.05) is 0 Å². The van der Waals surface area contributed by atoms with E-state index in [4.69, 9.17) is 10.2 Å². The third kappa shape index (κ3) is 1.30. The maximum Gasteiger partial charge on any atom is 0.207 e. The van der Waals surface area contributed by atoms with E-state index in [1.165, 1.54) is 6.07 Å². The van der Waals surface area contributed by atoms with Gasteiger partial charge in [-0.15, -0.1) is 0 Å². The summed E-state index contributed by atoms with van der Waals surface area (Å²) in [5, 5.41) is 17.9. The van der Waals surface area contributed by atoms with Crippen LogP contribution in [-0.4, -0.2) is 10.2 Å². The van der Waals surface area contributed by atoms with Crippen LogP contribution < -0.4 is 0 Å². The Morgan fingerprint density at radius 1 is 1.36 bits per heavy atom. The molecule has 0 aromatic heterocycles. The molecule has 0 atom stereocenters. The van der Waals surface area contributed by atoms with E-state index in [-0.39, 0.29) is 4.47 Å². The molecule has 0 radical (unpaired) electrons. The van der Waals surface area contributed by atoms with Crippen molar-refractivity contribution < 1.29 is 14.6 Å². The maximum atomic E-state index is 12.7. The Morgan fingerprint density at radius 3 is 2.45 bits per heavy atom. The van der Waals surface area contributed by atoms with Gasteiger partial charge in [0.1, 0.15) is 0 Å². The smallest absolute Gasteiger partial charge is 0.207 e. The van der Waals surface area contributed by atoms with Crippen molar-refractivity contribution in [1.29, 1.82) is 0 Å². The lowest BCUT2D eigenvalue weighted by molar-refractivity contribution is 0.385. The number of aryl methyl sites for hydroxylation is 1. The summed E-state index contributed by atoms with van der Waals surface area (Å²) in [5.41, 5.74) is 0.382. The van der Waals surface area contributed by atoms with E-state index in [0.717, 1.165) is 0 Å². The zero-order valence-corrected chi connectivity index (χ0v) is 7.31. The van der Waals surface area contributed by atoms with Crippen LogP contribution in [0, 0.1) is 12.7 Å². The first-order chi connectivity index (χ1) is 5.04. The molecule has 0 saturated heterocycles. The zero-order valence-electron chi connectivity index (χ0n) is 5.73. The Labute approximate surface area is 71.4 Å². The van der Waals surface area contributed by atoms with Gasteiger partial charge in [-0.25, -0.2) is 0 Å². The molecule has 0 amide bonds. The second kappa shape index (κ2) is 2.70. The van der Waals surface area contributed by atoms with Crippen LogP contribution in [0.4, 0.5) is 4.39 Å². The number of benzene rings is 1. The molecule has 0 heterocycles. The molecule has 1 aromatic carbocycles. The molecular weight excluding hydrogens is 215 g/mol. The van der Waals surface area contributed by atoms with E-state index in [1.54, 1.807) is 6.92 Å². The summed E-state index contributed by atoms with van der Waals surface area (Å²) in [7, 11) is 0. The third-order valence-electron chi connectivity index (χ3n) is 1.36. The molecular formula is C7H6BrFO2. The standard InChI is InChI=1S/C7H6BrFO2/c1-3-2-4(8)7(11)5(9)6(3)10/h2,10-11H,1H3. The van der Waals surface area contributed by atoms with E-state index in [0.29, 0.717) is 5.56 Å². The molecule has 2 N–H and O–H groups in total. The van der Waals surface area contributed by atoms with Crippen molar-refractivity contribution in [2.45, 2.75) is 6.92 Å². The van der Waals surface area contributed by atoms with Gasteiger partial charge in [0, 0.05) is 0 Å². The molecule has 0 fully saturated rings. The summed E-state index contributed by atoms with van der Waals surface area (Å²) in [6, 6.07) is 1.44. The van der Waals surface area contributed by atoms with E-state index < -0.39 is 17.3 Å². The number of rotatable bonds is 0. The molecule has 0 aliphatic heterocycles. The van der Waals surface area contributed by atoms with E-state index >= 15 is 0 Å². The number of phenolic OH excluding ortho intramolecular Hbond substituents is 2. The van der Waals surface area contributed by atoms with Crippen molar-refractivity contribution in [3.63, 3.8) is 0 Å². The molecule has 0 spiro atoms. The summed E-state index contributed by atoms with van der Waals surface area (Å²) < 4.78 is 13.0. The van der Waals surface area contributed by atoms with Crippen molar-refractivity contribution in [3.8, 4) is 11.5 Å². The average Bonchev–Trinajstić information content (AvgIpc) is 1.97. The van der Waals surface area contributed by atoms with Crippen molar-refractivity contribution in [2.24, 2.45) is 0 Å². The second-order valence-corrected chi connectivity index (χ2v) is 3.04. The lowest BCUT2D eigenvalue weighted by Crippen LogP contribution is -1.83. The third-order valence-corrected chi connectivity index (χ3v) is 1.96. The number of hydrogen-bond donors (Lipinski definition) is 2. The molecule has 2 nitrogen and oxygen atoms in total. The van der Waals surface area contributed by atoms with Crippen LogP contribution in [0.5, 0.6) is 11.5 Å². The minimum absolute atomic E-state index is 0.241. The van der Waals surface area contributed by atoms with E-state index in [1.807, 2.05) is 0 Å². The van der Waals surface area contributed by atoms with Crippen LogP contribution in [-0.2, 0) is 0 Å². The largest absolute Gasteiger partial charge is 0.505 e. The van der Waals surface area contributed by atoms with Crippen LogP contribution in [0.1, 0.15) is 5.56 Å². The van der Waals surface area contributed by atoms with E-state index in [9.17, 15) is 4.39 Å². The second-order valence-electron chi connectivity index (χ2n) is 2.19. The summed E-state index contributed by atoms with van der Waals surface area (Å²) in [6.07, 6.45) is 0.